The monoisotopic (exact) mass is 482 g/mol. The van der Waals surface area contributed by atoms with E-state index < -0.39 is 49.3 Å². The zero-order valence-corrected chi connectivity index (χ0v) is 18.2. The number of non-ortho nitro benzene ring substituents is 1. The van der Waals surface area contributed by atoms with Crippen molar-refractivity contribution in [2.24, 2.45) is 0 Å². The largest absolute Gasteiger partial charge is 0.341 e. The smallest absolute Gasteiger partial charge is 0.270 e. The fourth-order valence-electron chi connectivity index (χ4n) is 3.34. The van der Waals surface area contributed by atoms with Gasteiger partial charge in [-0.3, -0.25) is 19.7 Å². The van der Waals surface area contributed by atoms with Crippen LogP contribution >= 0.6 is 0 Å². The first kappa shape index (κ1) is 24.2. The second-order valence-electron chi connectivity index (χ2n) is 7.31. The molecule has 0 bridgehead atoms. The maximum atomic E-state index is 13.9. The van der Waals surface area contributed by atoms with Crippen molar-refractivity contribution < 1.29 is 31.7 Å². The minimum absolute atomic E-state index is 0.0110. The molecular formula is C20H20F2N4O6S. The van der Waals surface area contributed by atoms with Crippen molar-refractivity contribution in [2.75, 3.05) is 26.2 Å². The van der Waals surface area contributed by atoms with E-state index in [9.17, 15) is 36.9 Å². The minimum atomic E-state index is -4.30. The minimum Gasteiger partial charge on any atom is -0.341 e. The number of benzene rings is 2. The molecule has 10 nitrogen and oxygen atoms in total. The summed E-state index contributed by atoms with van der Waals surface area (Å²) in [6.45, 7) is 1.10. The van der Waals surface area contributed by atoms with E-state index in [1.807, 2.05) is 0 Å². The fraction of sp³-hybridized carbons (Fsp3) is 0.300. The Morgan fingerprint density at radius 3 is 2.39 bits per heavy atom. The molecule has 0 unspecified atom stereocenters. The van der Waals surface area contributed by atoms with Crippen molar-refractivity contribution in [2.45, 2.75) is 17.9 Å². The third-order valence-corrected chi connectivity index (χ3v) is 7.01. The highest BCUT2D eigenvalue weighted by atomic mass is 32.2. The Morgan fingerprint density at radius 1 is 1.09 bits per heavy atom. The summed E-state index contributed by atoms with van der Waals surface area (Å²) in [5.41, 5.74) is -0.259. The van der Waals surface area contributed by atoms with Crippen LogP contribution in [-0.2, 0) is 14.8 Å². The van der Waals surface area contributed by atoms with Crippen molar-refractivity contribution in [1.82, 2.24) is 14.5 Å². The summed E-state index contributed by atoms with van der Waals surface area (Å²) in [5, 5.41) is 13.3. The van der Waals surface area contributed by atoms with E-state index in [0.717, 1.165) is 22.5 Å². The number of carbonyl (C=O) groups is 2. The van der Waals surface area contributed by atoms with Gasteiger partial charge in [0.25, 0.3) is 11.6 Å². The van der Waals surface area contributed by atoms with E-state index in [1.165, 1.54) is 30.0 Å². The first-order valence-electron chi connectivity index (χ1n) is 9.80. The molecule has 1 fully saturated rings. The summed E-state index contributed by atoms with van der Waals surface area (Å²) in [4.78, 5) is 35.8. The molecule has 33 heavy (non-hydrogen) atoms. The third kappa shape index (κ3) is 5.31. The van der Waals surface area contributed by atoms with Crippen LogP contribution in [0.15, 0.2) is 47.4 Å². The van der Waals surface area contributed by atoms with Crippen LogP contribution in [0.4, 0.5) is 14.5 Å². The molecule has 1 aliphatic heterocycles. The third-order valence-electron chi connectivity index (χ3n) is 5.10. The van der Waals surface area contributed by atoms with Gasteiger partial charge in [0.05, 0.1) is 4.92 Å². The van der Waals surface area contributed by atoms with Crippen LogP contribution in [0.25, 0.3) is 0 Å². The number of piperazine rings is 1. The Kier molecular flexibility index (Phi) is 7.03. The van der Waals surface area contributed by atoms with E-state index in [0.29, 0.717) is 6.07 Å². The summed E-state index contributed by atoms with van der Waals surface area (Å²) in [5.74, 6) is -3.13. The van der Waals surface area contributed by atoms with Crippen LogP contribution in [-0.4, -0.2) is 66.6 Å². The molecule has 0 radical (unpaired) electrons. The van der Waals surface area contributed by atoms with E-state index in [2.05, 4.69) is 5.32 Å². The highest BCUT2D eigenvalue weighted by Gasteiger charge is 2.33. The number of sulfonamides is 1. The molecule has 0 aromatic heterocycles. The lowest BCUT2D eigenvalue weighted by molar-refractivity contribution is -0.384. The summed E-state index contributed by atoms with van der Waals surface area (Å²) in [7, 11) is -4.30. The molecule has 1 N–H and O–H groups in total. The van der Waals surface area contributed by atoms with Gasteiger partial charge in [0, 0.05) is 43.9 Å². The van der Waals surface area contributed by atoms with Crippen LogP contribution in [0, 0.1) is 21.7 Å². The Bertz CT molecular complexity index is 1200. The summed E-state index contributed by atoms with van der Waals surface area (Å²) < 4.78 is 53.6. The lowest BCUT2D eigenvalue weighted by atomic mass is 10.1. The van der Waals surface area contributed by atoms with Gasteiger partial charge in [-0.2, -0.15) is 4.31 Å². The number of hydrogen-bond acceptors (Lipinski definition) is 6. The maximum absolute atomic E-state index is 13.9. The Labute approximate surface area is 188 Å². The number of hydrogen-bond donors (Lipinski definition) is 1. The van der Waals surface area contributed by atoms with Gasteiger partial charge in [-0.1, -0.05) is 6.07 Å². The van der Waals surface area contributed by atoms with Crippen molar-refractivity contribution in [3.05, 3.63) is 69.8 Å². The number of nitrogens with zero attached hydrogens (tertiary/aromatic N) is 3. The number of halogens is 2. The second kappa shape index (κ2) is 9.58. The number of carbonyl (C=O) groups excluding carboxylic acids is 2. The molecule has 1 atom stereocenters. The van der Waals surface area contributed by atoms with Gasteiger partial charge in [-0.25, -0.2) is 17.2 Å². The van der Waals surface area contributed by atoms with E-state index in [1.54, 1.807) is 0 Å². The molecule has 0 aliphatic carbocycles. The molecule has 0 spiro atoms. The number of nitro groups is 1. The number of amides is 2. The Balaban J connectivity index is 1.62. The average molecular weight is 482 g/mol. The first-order chi connectivity index (χ1) is 15.5. The van der Waals surface area contributed by atoms with Gasteiger partial charge in [0.2, 0.25) is 15.9 Å². The molecule has 2 aromatic carbocycles. The Morgan fingerprint density at radius 2 is 1.76 bits per heavy atom. The zero-order chi connectivity index (χ0) is 24.3. The molecule has 1 aliphatic rings. The number of nitrogens with one attached hydrogen (secondary N) is 1. The number of rotatable bonds is 6. The molecule has 1 saturated heterocycles. The van der Waals surface area contributed by atoms with Gasteiger partial charge in [0.1, 0.15) is 22.6 Å². The average Bonchev–Trinajstić information content (AvgIpc) is 2.80. The van der Waals surface area contributed by atoms with Gasteiger partial charge in [-0.15, -0.1) is 0 Å². The topological polar surface area (TPSA) is 130 Å². The van der Waals surface area contributed by atoms with Crippen molar-refractivity contribution in [3.63, 3.8) is 0 Å². The predicted octanol–water partition coefficient (Wildman–Crippen LogP) is 1.52. The molecule has 1 heterocycles. The van der Waals surface area contributed by atoms with Crippen LogP contribution in [0.3, 0.4) is 0 Å². The SMILES string of the molecule is C[C@H](NC(=O)c1cccc([N+](=O)[O-])c1)C(=O)N1CCN(S(=O)(=O)c2cc(F)ccc2F)CC1. The normalized spacial score (nSPS) is 15.7. The fourth-order valence-corrected chi connectivity index (χ4v) is 4.84. The van der Waals surface area contributed by atoms with Gasteiger partial charge >= 0.3 is 0 Å². The van der Waals surface area contributed by atoms with Gasteiger partial charge < -0.3 is 10.2 Å². The molecule has 2 aromatic rings. The van der Waals surface area contributed by atoms with Crippen LogP contribution < -0.4 is 5.32 Å². The molecule has 2 amide bonds. The first-order valence-corrected chi connectivity index (χ1v) is 11.2. The zero-order valence-electron chi connectivity index (χ0n) is 17.4. The highest BCUT2D eigenvalue weighted by Crippen LogP contribution is 2.22. The number of nitro benzene ring substituents is 1. The summed E-state index contributed by atoms with van der Waals surface area (Å²) in [6, 6.07) is 6.20. The molecule has 0 saturated carbocycles. The van der Waals surface area contributed by atoms with Gasteiger partial charge in [0.15, 0.2) is 0 Å². The van der Waals surface area contributed by atoms with Gasteiger partial charge in [-0.05, 0) is 31.2 Å². The molecule has 176 valence electrons. The highest BCUT2D eigenvalue weighted by molar-refractivity contribution is 7.89. The maximum Gasteiger partial charge on any atom is 0.270 e. The van der Waals surface area contributed by atoms with Crippen LogP contribution in [0.5, 0.6) is 0 Å². The lowest BCUT2D eigenvalue weighted by Gasteiger charge is -2.35. The predicted molar refractivity (Wildman–Crippen MR) is 112 cm³/mol. The van der Waals surface area contributed by atoms with E-state index in [-0.39, 0.29) is 37.4 Å². The molecule has 3 rings (SSSR count). The summed E-state index contributed by atoms with van der Waals surface area (Å²) >= 11 is 0. The molecular weight excluding hydrogens is 462 g/mol. The van der Waals surface area contributed by atoms with Crippen molar-refractivity contribution in [1.29, 1.82) is 0 Å². The Hall–Kier alpha value is -3.45. The summed E-state index contributed by atoms with van der Waals surface area (Å²) in [6.07, 6.45) is 0. The van der Waals surface area contributed by atoms with Crippen LogP contribution in [0.1, 0.15) is 17.3 Å². The van der Waals surface area contributed by atoms with Crippen molar-refractivity contribution >= 4 is 27.5 Å². The van der Waals surface area contributed by atoms with E-state index >= 15 is 0 Å². The lowest BCUT2D eigenvalue weighted by Crippen LogP contribution is -2.55. The second-order valence-corrected chi connectivity index (χ2v) is 9.21. The van der Waals surface area contributed by atoms with Crippen molar-refractivity contribution in [3.8, 4) is 0 Å². The van der Waals surface area contributed by atoms with E-state index in [4.69, 9.17) is 0 Å². The van der Waals surface area contributed by atoms with Crippen LogP contribution in [0.2, 0.25) is 0 Å². The quantitative estimate of drug-likeness (QED) is 0.491. The standard InChI is InChI=1S/C20H20F2N4O6S/c1-13(23-19(27)14-3-2-4-16(11-14)26(29)30)20(28)24-7-9-25(10-8-24)33(31,32)18-12-15(21)5-6-17(18)22/h2-6,11-13H,7-10H2,1H3,(H,23,27)/t13-/m0/s1. The molecule has 13 heteroatoms.